The van der Waals surface area contributed by atoms with E-state index in [0.717, 1.165) is 17.8 Å². The van der Waals surface area contributed by atoms with E-state index in [9.17, 15) is 0 Å². The Bertz CT molecular complexity index is 344. The van der Waals surface area contributed by atoms with Crippen molar-refractivity contribution in [3.05, 3.63) is 35.9 Å². The van der Waals surface area contributed by atoms with Gasteiger partial charge in [0.05, 0.1) is 0 Å². The normalized spacial score (nSPS) is 28.6. The summed E-state index contributed by atoms with van der Waals surface area (Å²) in [5.41, 5.74) is 7.76. The van der Waals surface area contributed by atoms with E-state index < -0.39 is 0 Å². The second-order valence-electron chi connectivity index (χ2n) is 6.27. The highest BCUT2D eigenvalue weighted by Crippen LogP contribution is 2.35. The van der Waals surface area contributed by atoms with Gasteiger partial charge in [-0.25, -0.2) is 0 Å². The van der Waals surface area contributed by atoms with Crippen LogP contribution in [0.4, 0.5) is 0 Å². The van der Waals surface area contributed by atoms with Crippen molar-refractivity contribution in [1.29, 1.82) is 0 Å². The zero-order chi connectivity index (χ0) is 13.0. The Morgan fingerprint density at radius 3 is 2.56 bits per heavy atom. The van der Waals surface area contributed by atoms with Crippen molar-refractivity contribution in [2.75, 3.05) is 0 Å². The highest BCUT2D eigenvalue weighted by molar-refractivity contribution is 5.14. The van der Waals surface area contributed by atoms with Gasteiger partial charge in [-0.3, -0.25) is 0 Å². The van der Waals surface area contributed by atoms with Gasteiger partial charge in [0.15, 0.2) is 0 Å². The fourth-order valence-electron chi connectivity index (χ4n) is 3.26. The van der Waals surface area contributed by atoms with Crippen LogP contribution in [-0.2, 0) is 6.42 Å². The molecule has 1 aromatic rings. The van der Waals surface area contributed by atoms with Gasteiger partial charge in [0.25, 0.3) is 0 Å². The van der Waals surface area contributed by atoms with Gasteiger partial charge in [-0.2, -0.15) is 0 Å². The second kappa shape index (κ2) is 6.38. The van der Waals surface area contributed by atoms with Gasteiger partial charge in [-0.05, 0) is 55.4 Å². The Kier molecular flexibility index (Phi) is 4.82. The predicted molar refractivity (Wildman–Crippen MR) is 78.4 cm³/mol. The lowest BCUT2D eigenvalue weighted by atomic mass is 9.72. The number of benzene rings is 1. The van der Waals surface area contributed by atoms with Gasteiger partial charge in [-0.1, -0.05) is 44.2 Å². The van der Waals surface area contributed by atoms with Crippen molar-refractivity contribution in [1.82, 2.24) is 0 Å². The molecule has 0 aromatic heterocycles. The molecule has 2 N–H and O–H groups in total. The van der Waals surface area contributed by atoms with Crippen molar-refractivity contribution < 1.29 is 0 Å². The molecule has 3 atom stereocenters. The first-order valence-electron chi connectivity index (χ1n) is 7.46. The van der Waals surface area contributed by atoms with E-state index in [1.165, 1.54) is 37.7 Å². The molecule has 0 radical (unpaired) electrons. The quantitative estimate of drug-likeness (QED) is 0.852. The van der Waals surface area contributed by atoms with E-state index in [1.54, 1.807) is 0 Å². The summed E-state index contributed by atoms with van der Waals surface area (Å²) in [7, 11) is 0. The fourth-order valence-corrected chi connectivity index (χ4v) is 3.26. The summed E-state index contributed by atoms with van der Waals surface area (Å²) >= 11 is 0. The molecule has 0 saturated heterocycles. The molecular weight excluding hydrogens is 218 g/mol. The number of hydrogen-bond donors (Lipinski definition) is 1. The van der Waals surface area contributed by atoms with Gasteiger partial charge in [0, 0.05) is 6.04 Å². The maximum Gasteiger partial charge on any atom is 0.00674 e. The summed E-state index contributed by atoms with van der Waals surface area (Å²) in [5, 5.41) is 0. The van der Waals surface area contributed by atoms with Crippen LogP contribution in [0.5, 0.6) is 0 Å². The van der Waals surface area contributed by atoms with Crippen LogP contribution in [-0.4, -0.2) is 6.04 Å². The smallest absolute Gasteiger partial charge is 0.00674 e. The molecular formula is C17H27N. The molecule has 3 unspecified atom stereocenters. The van der Waals surface area contributed by atoms with Crippen molar-refractivity contribution in [2.45, 2.75) is 52.0 Å². The van der Waals surface area contributed by atoms with Crippen LogP contribution in [0, 0.1) is 17.8 Å². The van der Waals surface area contributed by atoms with E-state index in [0.29, 0.717) is 6.04 Å². The topological polar surface area (TPSA) is 26.0 Å². The van der Waals surface area contributed by atoms with Crippen LogP contribution in [0.1, 0.15) is 45.1 Å². The molecule has 1 fully saturated rings. The molecule has 100 valence electrons. The SMILES string of the molecule is CC(C)C1CCC(N)C(CCc2ccccc2)C1. The molecule has 0 amide bonds. The first-order valence-corrected chi connectivity index (χ1v) is 7.46. The molecule has 2 rings (SSSR count). The summed E-state index contributed by atoms with van der Waals surface area (Å²) in [6.07, 6.45) is 6.34. The van der Waals surface area contributed by atoms with Gasteiger partial charge < -0.3 is 5.73 Å². The summed E-state index contributed by atoms with van der Waals surface area (Å²) in [5.74, 6) is 2.44. The van der Waals surface area contributed by atoms with Crippen molar-refractivity contribution >= 4 is 0 Å². The highest BCUT2D eigenvalue weighted by Gasteiger charge is 2.29. The van der Waals surface area contributed by atoms with Gasteiger partial charge in [0.1, 0.15) is 0 Å². The number of rotatable bonds is 4. The monoisotopic (exact) mass is 245 g/mol. The molecule has 1 saturated carbocycles. The third-order valence-electron chi connectivity index (χ3n) is 4.67. The first kappa shape index (κ1) is 13.6. The fraction of sp³-hybridized carbons (Fsp3) is 0.647. The molecule has 1 aliphatic rings. The summed E-state index contributed by atoms with van der Waals surface area (Å²) < 4.78 is 0. The molecule has 1 heteroatoms. The zero-order valence-corrected chi connectivity index (χ0v) is 11.8. The number of aryl methyl sites for hydroxylation is 1. The Morgan fingerprint density at radius 1 is 1.17 bits per heavy atom. The largest absolute Gasteiger partial charge is 0.327 e. The third kappa shape index (κ3) is 3.58. The van der Waals surface area contributed by atoms with Crippen molar-refractivity contribution in [3.8, 4) is 0 Å². The Morgan fingerprint density at radius 2 is 1.89 bits per heavy atom. The summed E-state index contributed by atoms with van der Waals surface area (Å²) in [4.78, 5) is 0. The average molecular weight is 245 g/mol. The predicted octanol–water partition coefficient (Wildman–Crippen LogP) is 4.02. The minimum atomic E-state index is 0.434. The molecule has 0 spiro atoms. The van der Waals surface area contributed by atoms with Crippen LogP contribution < -0.4 is 5.73 Å². The van der Waals surface area contributed by atoms with Crippen LogP contribution in [0.2, 0.25) is 0 Å². The van der Waals surface area contributed by atoms with Crippen LogP contribution in [0.3, 0.4) is 0 Å². The summed E-state index contributed by atoms with van der Waals surface area (Å²) in [6, 6.07) is 11.2. The zero-order valence-electron chi connectivity index (χ0n) is 11.8. The lowest BCUT2D eigenvalue weighted by molar-refractivity contribution is 0.182. The van der Waals surface area contributed by atoms with E-state index in [4.69, 9.17) is 5.73 Å². The minimum Gasteiger partial charge on any atom is -0.327 e. The van der Waals surface area contributed by atoms with Crippen LogP contribution >= 0.6 is 0 Å². The number of hydrogen-bond acceptors (Lipinski definition) is 1. The molecule has 0 heterocycles. The van der Waals surface area contributed by atoms with E-state index in [-0.39, 0.29) is 0 Å². The number of nitrogens with two attached hydrogens (primary N) is 1. The Balaban J connectivity index is 1.87. The Hall–Kier alpha value is -0.820. The Labute approximate surface area is 112 Å². The third-order valence-corrected chi connectivity index (χ3v) is 4.67. The maximum atomic E-state index is 6.31. The van der Waals surface area contributed by atoms with E-state index >= 15 is 0 Å². The molecule has 0 bridgehead atoms. The summed E-state index contributed by atoms with van der Waals surface area (Å²) in [6.45, 7) is 4.71. The molecule has 1 aliphatic carbocycles. The minimum absolute atomic E-state index is 0.434. The van der Waals surface area contributed by atoms with Gasteiger partial charge >= 0.3 is 0 Å². The first-order chi connectivity index (χ1) is 8.66. The molecule has 18 heavy (non-hydrogen) atoms. The van der Waals surface area contributed by atoms with Crippen LogP contribution in [0.25, 0.3) is 0 Å². The molecule has 0 aliphatic heterocycles. The lowest BCUT2D eigenvalue weighted by Gasteiger charge is -2.36. The average Bonchev–Trinajstić information content (AvgIpc) is 2.38. The van der Waals surface area contributed by atoms with Crippen molar-refractivity contribution in [2.24, 2.45) is 23.5 Å². The lowest BCUT2D eigenvalue weighted by Crippen LogP contribution is -2.37. The highest BCUT2D eigenvalue weighted by atomic mass is 14.7. The standard InChI is InChI=1S/C17H27N/c1-13(2)15-10-11-17(18)16(12-15)9-8-14-6-4-3-5-7-14/h3-7,13,15-17H,8-12,18H2,1-2H3. The molecule has 1 aromatic carbocycles. The van der Waals surface area contributed by atoms with Crippen molar-refractivity contribution in [3.63, 3.8) is 0 Å². The van der Waals surface area contributed by atoms with Crippen LogP contribution in [0.15, 0.2) is 30.3 Å². The molecule has 1 nitrogen and oxygen atoms in total. The van der Waals surface area contributed by atoms with E-state index in [1.807, 2.05) is 0 Å². The second-order valence-corrected chi connectivity index (χ2v) is 6.27. The van der Waals surface area contributed by atoms with Gasteiger partial charge in [0.2, 0.25) is 0 Å². The maximum absolute atomic E-state index is 6.31. The van der Waals surface area contributed by atoms with Gasteiger partial charge in [-0.15, -0.1) is 0 Å². The van der Waals surface area contributed by atoms with E-state index in [2.05, 4.69) is 44.2 Å².